The number of carboxylic acid groups (broad SMARTS) is 1. The molecule has 0 saturated carbocycles. The molecular weight excluding hydrogens is 234 g/mol. The van der Waals surface area contributed by atoms with Crippen LogP contribution in [0.2, 0.25) is 0 Å². The Balaban J connectivity index is 2.08. The van der Waals surface area contributed by atoms with Crippen LogP contribution in [0.25, 0.3) is 0 Å². The van der Waals surface area contributed by atoms with Gasteiger partial charge in [0.15, 0.2) is 0 Å². The van der Waals surface area contributed by atoms with E-state index in [9.17, 15) is 9.90 Å². The fourth-order valence-corrected chi connectivity index (χ4v) is 2.27. The van der Waals surface area contributed by atoms with Gasteiger partial charge in [0.25, 0.3) is 0 Å². The second kappa shape index (κ2) is 8.45. The molecule has 1 unspecified atom stereocenters. The first-order valence-electron chi connectivity index (χ1n) is 6.74. The summed E-state index contributed by atoms with van der Waals surface area (Å²) in [6.07, 6.45) is 3.23. The average molecular weight is 259 g/mol. The Kier molecular flexibility index (Phi) is 7.23. The average Bonchev–Trinajstić information content (AvgIpc) is 2.35. The molecule has 1 fully saturated rings. The molecule has 0 aromatic heterocycles. The van der Waals surface area contributed by atoms with E-state index in [0.29, 0.717) is 13.0 Å². The first-order chi connectivity index (χ1) is 8.58. The van der Waals surface area contributed by atoms with Gasteiger partial charge >= 0.3 is 5.97 Å². The largest absolute Gasteiger partial charge is 0.481 e. The van der Waals surface area contributed by atoms with E-state index in [1.807, 2.05) is 7.05 Å². The van der Waals surface area contributed by atoms with Crippen molar-refractivity contribution >= 4 is 5.97 Å². The summed E-state index contributed by atoms with van der Waals surface area (Å²) in [6.45, 7) is 3.25. The predicted octanol–water partition coefficient (Wildman–Crippen LogP) is 0.961. The minimum atomic E-state index is -0.848. The lowest BCUT2D eigenvalue weighted by Crippen LogP contribution is -2.31. The van der Waals surface area contributed by atoms with E-state index in [-0.39, 0.29) is 6.42 Å². The molecule has 0 bridgehead atoms. The van der Waals surface area contributed by atoms with E-state index in [1.54, 1.807) is 0 Å². The number of carbonyl (C=O) groups is 1. The lowest BCUT2D eigenvalue weighted by atomic mass is 9.96. The lowest BCUT2D eigenvalue weighted by Gasteiger charge is -2.25. The van der Waals surface area contributed by atoms with Crippen molar-refractivity contribution in [1.29, 1.82) is 0 Å². The standard InChI is InChI=1S/C13H25NO4/c1-14(10-12(15)2-3-13(16)17)7-4-11-5-8-18-9-6-11/h11-12,15H,2-10H2,1H3,(H,16,17). The van der Waals surface area contributed by atoms with Gasteiger partial charge < -0.3 is 19.8 Å². The minimum absolute atomic E-state index is 0.0367. The zero-order chi connectivity index (χ0) is 13.4. The van der Waals surface area contributed by atoms with E-state index in [4.69, 9.17) is 9.84 Å². The molecular formula is C13H25NO4. The van der Waals surface area contributed by atoms with Gasteiger partial charge in [0, 0.05) is 26.2 Å². The molecule has 106 valence electrons. The van der Waals surface area contributed by atoms with Gasteiger partial charge in [0.05, 0.1) is 6.10 Å². The summed E-state index contributed by atoms with van der Waals surface area (Å²) < 4.78 is 5.32. The lowest BCUT2D eigenvalue weighted by molar-refractivity contribution is -0.137. The van der Waals surface area contributed by atoms with Crippen LogP contribution in [-0.2, 0) is 9.53 Å². The van der Waals surface area contributed by atoms with E-state index in [2.05, 4.69) is 4.90 Å². The number of carboxylic acids is 1. The Bertz CT molecular complexity index is 241. The molecule has 5 heteroatoms. The fraction of sp³-hybridized carbons (Fsp3) is 0.923. The molecule has 0 spiro atoms. The van der Waals surface area contributed by atoms with Gasteiger partial charge in [-0.1, -0.05) is 0 Å². The SMILES string of the molecule is CN(CCC1CCOCC1)CC(O)CCC(=O)O. The number of aliphatic hydroxyl groups is 1. The second-order valence-corrected chi connectivity index (χ2v) is 5.19. The van der Waals surface area contributed by atoms with Crippen molar-refractivity contribution in [1.82, 2.24) is 4.90 Å². The molecule has 2 N–H and O–H groups in total. The van der Waals surface area contributed by atoms with Gasteiger partial charge in [0.1, 0.15) is 0 Å². The maximum atomic E-state index is 10.4. The summed E-state index contributed by atoms with van der Waals surface area (Å²) in [5.41, 5.74) is 0. The molecule has 1 aliphatic heterocycles. The predicted molar refractivity (Wildman–Crippen MR) is 68.5 cm³/mol. The number of rotatable bonds is 8. The smallest absolute Gasteiger partial charge is 0.303 e. The molecule has 18 heavy (non-hydrogen) atoms. The Hall–Kier alpha value is -0.650. The maximum Gasteiger partial charge on any atom is 0.303 e. The number of hydrogen-bond acceptors (Lipinski definition) is 4. The monoisotopic (exact) mass is 259 g/mol. The molecule has 1 aliphatic rings. The van der Waals surface area contributed by atoms with Crippen molar-refractivity contribution in [3.05, 3.63) is 0 Å². The molecule has 0 amide bonds. The van der Waals surface area contributed by atoms with Crippen LogP contribution in [0.5, 0.6) is 0 Å². The number of aliphatic carboxylic acids is 1. The van der Waals surface area contributed by atoms with Crippen LogP contribution in [0, 0.1) is 5.92 Å². The zero-order valence-electron chi connectivity index (χ0n) is 11.2. The molecule has 0 aromatic rings. The Morgan fingerprint density at radius 3 is 2.72 bits per heavy atom. The molecule has 0 aromatic carbocycles. The molecule has 1 saturated heterocycles. The maximum absolute atomic E-state index is 10.4. The van der Waals surface area contributed by atoms with Crippen LogP contribution in [0.15, 0.2) is 0 Å². The number of ether oxygens (including phenoxy) is 1. The summed E-state index contributed by atoms with van der Waals surface area (Å²) in [4.78, 5) is 12.5. The summed E-state index contributed by atoms with van der Waals surface area (Å²) in [7, 11) is 1.98. The minimum Gasteiger partial charge on any atom is -0.481 e. The van der Waals surface area contributed by atoms with Crippen molar-refractivity contribution in [3.8, 4) is 0 Å². The highest BCUT2D eigenvalue weighted by Gasteiger charge is 2.15. The van der Waals surface area contributed by atoms with Gasteiger partial charge in [0.2, 0.25) is 0 Å². The molecule has 1 rings (SSSR count). The molecule has 1 heterocycles. The van der Waals surface area contributed by atoms with Crippen LogP contribution in [-0.4, -0.2) is 60.5 Å². The van der Waals surface area contributed by atoms with Gasteiger partial charge in [-0.2, -0.15) is 0 Å². The third-order valence-corrected chi connectivity index (χ3v) is 3.47. The molecule has 1 atom stereocenters. The van der Waals surface area contributed by atoms with Gasteiger partial charge in [-0.25, -0.2) is 0 Å². The third-order valence-electron chi connectivity index (χ3n) is 3.47. The van der Waals surface area contributed by atoms with Crippen molar-refractivity contribution in [3.63, 3.8) is 0 Å². The van der Waals surface area contributed by atoms with Crippen LogP contribution in [0.3, 0.4) is 0 Å². The van der Waals surface area contributed by atoms with Crippen molar-refractivity contribution < 1.29 is 19.7 Å². The summed E-state index contributed by atoms with van der Waals surface area (Å²) in [6, 6.07) is 0. The quantitative estimate of drug-likeness (QED) is 0.679. The van der Waals surface area contributed by atoms with Crippen molar-refractivity contribution in [2.45, 2.75) is 38.2 Å². The fourth-order valence-electron chi connectivity index (χ4n) is 2.27. The molecule has 5 nitrogen and oxygen atoms in total. The molecule has 0 radical (unpaired) electrons. The van der Waals surface area contributed by atoms with E-state index in [1.165, 1.54) is 0 Å². The van der Waals surface area contributed by atoms with Crippen LogP contribution < -0.4 is 0 Å². The highest BCUT2D eigenvalue weighted by Crippen LogP contribution is 2.18. The third kappa shape index (κ3) is 6.93. The summed E-state index contributed by atoms with van der Waals surface area (Å²) >= 11 is 0. The number of aliphatic hydroxyl groups excluding tert-OH is 1. The topological polar surface area (TPSA) is 70.0 Å². The highest BCUT2D eigenvalue weighted by atomic mass is 16.5. The van der Waals surface area contributed by atoms with Crippen LogP contribution in [0.1, 0.15) is 32.1 Å². The first kappa shape index (κ1) is 15.4. The number of likely N-dealkylation sites (N-methyl/N-ethyl adjacent to an activating group) is 1. The van der Waals surface area contributed by atoms with E-state index in [0.717, 1.165) is 44.9 Å². The van der Waals surface area contributed by atoms with Crippen molar-refractivity contribution in [2.24, 2.45) is 5.92 Å². The van der Waals surface area contributed by atoms with Crippen molar-refractivity contribution in [2.75, 3.05) is 33.4 Å². The summed E-state index contributed by atoms with van der Waals surface area (Å²) in [5, 5.41) is 18.2. The Labute approximate surface area is 109 Å². The zero-order valence-corrected chi connectivity index (χ0v) is 11.2. The highest BCUT2D eigenvalue weighted by molar-refractivity contribution is 5.66. The summed E-state index contributed by atoms with van der Waals surface area (Å²) in [5.74, 6) is -0.115. The normalized spacial score (nSPS) is 19.1. The van der Waals surface area contributed by atoms with E-state index < -0.39 is 12.1 Å². The molecule has 0 aliphatic carbocycles. The Morgan fingerprint density at radius 2 is 2.11 bits per heavy atom. The Morgan fingerprint density at radius 1 is 1.44 bits per heavy atom. The number of nitrogens with zero attached hydrogens (tertiary/aromatic N) is 1. The first-order valence-corrected chi connectivity index (χ1v) is 6.74. The van der Waals surface area contributed by atoms with Crippen LogP contribution in [0.4, 0.5) is 0 Å². The van der Waals surface area contributed by atoms with Gasteiger partial charge in [-0.05, 0) is 45.2 Å². The number of hydrogen-bond donors (Lipinski definition) is 2. The second-order valence-electron chi connectivity index (χ2n) is 5.19. The van der Waals surface area contributed by atoms with Crippen LogP contribution >= 0.6 is 0 Å². The van der Waals surface area contributed by atoms with Gasteiger partial charge in [-0.3, -0.25) is 4.79 Å². The van der Waals surface area contributed by atoms with Gasteiger partial charge in [-0.15, -0.1) is 0 Å². The van der Waals surface area contributed by atoms with E-state index >= 15 is 0 Å².